The van der Waals surface area contributed by atoms with Crippen molar-refractivity contribution in [2.24, 2.45) is 0 Å². The first-order chi connectivity index (χ1) is 7.65. The molecule has 1 aromatic heterocycles. The average Bonchev–Trinajstić information content (AvgIpc) is 2.27. The molecule has 6 heteroatoms. The quantitative estimate of drug-likeness (QED) is 0.838. The summed E-state index contributed by atoms with van der Waals surface area (Å²) in [5.74, 6) is -0.119. The van der Waals surface area contributed by atoms with Gasteiger partial charge in [0.1, 0.15) is 10.8 Å². The van der Waals surface area contributed by atoms with Crippen molar-refractivity contribution < 1.29 is 4.39 Å². The number of rotatable bonds is 2. The fraction of sp³-hybridized carbons (Fsp3) is 0. The van der Waals surface area contributed by atoms with Crippen LogP contribution in [0.15, 0.2) is 40.4 Å². The van der Waals surface area contributed by atoms with E-state index in [0.29, 0.717) is 10.0 Å². The van der Waals surface area contributed by atoms with Gasteiger partial charge in [0.15, 0.2) is 0 Å². The van der Waals surface area contributed by atoms with Crippen molar-refractivity contribution in [2.75, 3.05) is 5.73 Å². The van der Waals surface area contributed by atoms with E-state index < -0.39 is 0 Å². The number of nitrogen functional groups attached to an aromatic ring is 1. The van der Waals surface area contributed by atoms with Crippen molar-refractivity contribution in [3.05, 3.63) is 41.3 Å². The third-order valence-corrected chi connectivity index (χ3v) is 3.16. The molecule has 2 aromatic rings. The van der Waals surface area contributed by atoms with Gasteiger partial charge in [0, 0.05) is 4.90 Å². The first-order valence-electron chi connectivity index (χ1n) is 4.36. The van der Waals surface area contributed by atoms with E-state index in [1.165, 1.54) is 30.1 Å². The number of anilines is 1. The van der Waals surface area contributed by atoms with Crippen LogP contribution < -0.4 is 5.73 Å². The predicted octanol–water partition coefficient (Wildman–Crippen LogP) is 3.00. The highest BCUT2D eigenvalue weighted by atomic mass is 35.5. The maximum absolute atomic E-state index is 12.7. The number of hydrogen-bond donors (Lipinski definition) is 1. The van der Waals surface area contributed by atoms with Gasteiger partial charge in [-0.3, -0.25) is 0 Å². The third kappa shape index (κ3) is 2.62. The maximum atomic E-state index is 12.7. The normalized spacial score (nSPS) is 10.4. The first kappa shape index (κ1) is 11.2. The monoisotopic (exact) mass is 255 g/mol. The molecule has 82 valence electrons. The number of nitrogens with two attached hydrogens (primary N) is 1. The zero-order chi connectivity index (χ0) is 11.5. The van der Waals surface area contributed by atoms with E-state index in [1.807, 2.05) is 0 Å². The number of nitrogens with zero attached hydrogens (tertiary/aromatic N) is 2. The van der Waals surface area contributed by atoms with Gasteiger partial charge in [-0.05, 0) is 24.3 Å². The van der Waals surface area contributed by atoms with Crippen LogP contribution >= 0.6 is 23.4 Å². The second kappa shape index (κ2) is 4.67. The number of hydrogen-bond acceptors (Lipinski definition) is 4. The summed E-state index contributed by atoms with van der Waals surface area (Å²) in [4.78, 5) is 8.59. The summed E-state index contributed by atoms with van der Waals surface area (Å²) in [6.07, 6.45) is 1.44. The molecule has 0 amide bonds. The minimum absolute atomic E-state index is 0.161. The Morgan fingerprint density at radius 1 is 1.25 bits per heavy atom. The van der Waals surface area contributed by atoms with Gasteiger partial charge in [0.05, 0.1) is 11.2 Å². The second-order valence-corrected chi connectivity index (χ2v) is 4.41. The van der Waals surface area contributed by atoms with Crippen LogP contribution in [0.5, 0.6) is 0 Å². The molecule has 0 aliphatic carbocycles. The van der Waals surface area contributed by atoms with Crippen LogP contribution in [0.2, 0.25) is 5.02 Å². The molecule has 1 heterocycles. The Balaban J connectivity index is 2.26. The standard InChI is InChI=1S/C10H7ClFN3S/c11-8-5-14-10(13)15-9(8)16-7-3-1-6(12)2-4-7/h1-5H,(H2,13,14,15). The third-order valence-electron chi connectivity index (χ3n) is 1.76. The second-order valence-electron chi connectivity index (χ2n) is 2.94. The fourth-order valence-corrected chi connectivity index (χ4v) is 2.04. The molecule has 0 radical (unpaired) electrons. The Labute approximate surface area is 101 Å². The summed E-state index contributed by atoms with van der Waals surface area (Å²) in [5, 5.41) is 0.976. The Kier molecular flexibility index (Phi) is 3.26. The SMILES string of the molecule is Nc1ncc(Cl)c(Sc2ccc(F)cc2)n1. The molecule has 0 fully saturated rings. The minimum atomic E-state index is -0.280. The lowest BCUT2D eigenvalue weighted by molar-refractivity contribution is 0.626. The molecule has 1 aromatic carbocycles. The van der Waals surface area contributed by atoms with Gasteiger partial charge >= 0.3 is 0 Å². The highest BCUT2D eigenvalue weighted by Gasteiger charge is 2.06. The van der Waals surface area contributed by atoms with Crippen LogP contribution in [-0.2, 0) is 0 Å². The van der Waals surface area contributed by atoms with Gasteiger partial charge in [-0.1, -0.05) is 23.4 Å². The van der Waals surface area contributed by atoms with Gasteiger partial charge < -0.3 is 5.73 Å². The van der Waals surface area contributed by atoms with Gasteiger partial charge in [-0.15, -0.1) is 0 Å². The summed E-state index contributed by atoms with van der Waals surface area (Å²) in [5.41, 5.74) is 5.45. The Morgan fingerprint density at radius 3 is 2.62 bits per heavy atom. The minimum Gasteiger partial charge on any atom is -0.368 e. The van der Waals surface area contributed by atoms with E-state index in [4.69, 9.17) is 17.3 Å². The number of benzene rings is 1. The van der Waals surface area contributed by atoms with E-state index in [9.17, 15) is 4.39 Å². The smallest absolute Gasteiger partial charge is 0.221 e. The Hall–Kier alpha value is -1.33. The average molecular weight is 256 g/mol. The number of halogens is 2. The van der Waals surface area contributed by atoms with E-state index >= 15 is 0 Å². The molecule has 0 aliphatic heterocycles. The molecule has 0 atom stereocenters. The van der Waals surface area contributed by atoms with Crippen molar-refractivity contribution in [2.45, 2.75) is 9.92 Å². The van der Waals surface area contributed by atoms with Gasteiger partial charge in [-0.25, -0.2) is 14.4 Å². The van der Waals surface area contributed by atoms with Crippen molar-refractivity contribution in [3.63, 3.8) is 0 Å². The van der Waals surface area contributed by atoms with Crippen LogP contribution in [0, 0.1) is 5.82 Å². The molecule has 16 heavy (non-hydrogen) atoms. The lowest BCUT2D eigenvalue weighted by Crippen LogP contribution is -1.95. The zero-order valence-corrected chi connectivity index (χ0v) is 9.60. The molecule has 0 saturated carbocycles. The summed E-state index contributed by atoms with van der Waals surface area (Å²) in [7, 11) is 0. The lowest BCUT2D eigenvalue weighted by atomic mass is 10.4. The van der Waals surface area contributed by atoms with Gasteiger partial charge in [0.25, 0.3) is 0 Å². The molecule has 3 nitrogen and oxygen atoms in total. The van der Waals surface area contributed by atoms with Gasteiger partial charge in [-0.2, -0.15) is 0 Å². The summed E-state index contributed by atoms with van der Waals surface area (Å²) in [6, 6.07) is 6.05. The van der Waals surface area contributed by atoms with Crippen molar-refractivity contribution in [1.29, 1.82) is 0 Å². The van der Waals surface area contributed by atoms with Crippen LogP contribution in [0.1, 0.15) is 0 Å². The molecule has 0 bridgehead atoms. The molecule has 0 spiro atoms. The van der Waals surface area contributed by atoms with Crippen LogP contribution in [0.4, 0.5) is 10.3 Å². The summed E-state index contributed by atoms with van der Waals surface area (Å²) in [6.45, 7) is 0. The summed E-state index contributed by atoms with van der Waals surface area (Å²) < 4.78 is 12.7. The highest BCUT2D eigenvalue weighted by molar-refractivity contribution is 7.99. The van der Waals surface area contributed by atoms with E-state index in [0.717, 1.165) is 4.90 Å². The zero-order valence-electron chi connectivity index (χ0n) is 8.02. The maximum Gasteiger partial charge on any atom is 0.221 e. The van der Waals surface area contributed by atoms with Crippen molar-refractivity contribution in [3.8, 4) is 0 Å². The lowest BCUT2D eigenvalue weighted by Gasteiger charge is -2.03. The predicted molar refractivity (Wildman–Crippen MR) is 62.0 cm³/mol. The highest BCUT2D eigenvalue weighted by Crippen LogP contribution is 2.31. The number of aromatic nitrogens is 2. The first-order valence-corrected chi connectivity index (χ1v) is 5.56. The molecule has 2 N–H and O–H groups in total. The molecule has 0 unspecified atom stereocenters. The fourth-order valence-electron chi connectivity index (χ4n) is 1.05. The van der Waals surface area contributed by atoms with Crippen molar-refractivity contribution in [1.82, 2.24) is 9.97 Å². The van der Waals surface area contributed by atoms with Crippen LogP contribution in [0.25, 0.3) is 0 Å². The largest absolute Gasteiger partial charge is 0.368 e. The molecule has 2 rings (SSSR count). The van der Waals surface area contributed by atoms with E-state index in [1.54, 1.807) is 12.1 Å². The summed E-state index contributed by atoms with van der Waals surface area (Å²) >= 11 is 7.21. The molecular formula is C10H7ClFN3S. The topological polar surface area (TPSA) is 51.8 Å². The van der Waals surface area contributed by atoms with Gasteiger partial charge in [0.2, 0.25) is 5.95 Å². The molecule has 0 aliphatic rings. The molecule has 0 saturated heterocycles. The Morgan fingerprint density at radius 2 is 1.94 bits per heavy atom. The Bertz CT molecular complexity index is 504. The van der Waals surface area contributed by atoms with Crippen molar-refractivity contribution >= 4 is 29.3 Å². The van der Waals surface area contributed by atoms with E-state index in [2.05, 4.69) is 9.97 Å². The molecular weight excluding hydrogens is 249 g/mol. The van der Waals surface area contributed by atoms with Crippen LogP contribution in [-0.4, -0.2) is 9.97 Å². The van der Waals surface area contributed by atoms with Crippen LogP contribution in [0.3, 0.4) is 0 Å². The van der Waals surface area contributed by atoms with E-state index in [-0.39, 0.29) is 11.8 Å².